The molecule has 4 rings (SSSR count). The van der Waals surface area contributed by atoms with Gasteiger partial charge >= 0.3 is 0 Å². The minimum Gasteiger partial charge on any atom is -0.438 e. The number of anilines is 1. The van der Waals surface area contributed by atoms with Crippen molar-refractivity contribution < 1.29 is 14.3 Å². The normalized spacial score (nSPS) is 10.3. The third-order valence-electron chi connectivity index (χ3n) is 5.62. The summed E-state index contributed by atoms with van der Waals surface area (Å²) in [6.07, 6.45) is 4.34. The molecule has 1 N–H and O–H groups in total. The fourth-order valence-corrected chi connectivity index (χ4v) is 3.66. The molecule has 172 valence electrons. The van der Waals surface area contributed by atoms with Crippen LogP contribution in [0.2, 0.25) is 6.82 Å². The lowest BCUT2D eigenvalue weighted by Crippen LogP contribution is -2.38. The van der Waals surface area contributed by atoms with Crippen LogP contribution in [0.5, 0.6) is 11.6 Å². The molecular weight excluding hydrogens is 437 g/mol. The van der Waals surface area contributed by atoms with Crippen molar-refractivity contribution in [3.05, 3.63) is 103 Å². The van der Waals surface area contributed by atoms with E-state index in [4.69, 9.17) is 4.74 Å². The molecule has 7 heteroatoms. The predicted molar refractivity (Wildman–Crippen MR) is 140 cm³/mol. The largest absolute Gasteiger partial charge is 0.438 e. The summed E-state index contributed by atoms with van der Waals surface area (Å²) in [5.41, 5.74) is 4.49. The zero-order chi connectivity index (χ0) is 24.8. The maximum Gasteiger partial charge on any atom is 0.247 e. The molecule has 0 saturated carbocycles. The molecular formula is C28H24BN3O3. The van der Waals surface area contributed by atoms with E-state index in [-0.39, 0.29) is 24.3 Å². The summed E-state index contributed by atoms with van der Waals surface area (Å²) < 4.78 is 6.05. The van der Waals surface area contributed by atoms with Gasteiger partial charge in [0.25, 0.3) is 0 Å². The number of aromatic nitrogens is 2. The van der Waals surface area contributed by atoms with Gasteiger partial charge in [0.15, 0.2) is 5.78 Å². The van der Waals surface area contributed by atoms with Gasteiger partial charge in [0.05, 0.1) is 23.1 Å². The van der Waals surface area contributed by atoms with Crippen molar-refractivity contribution in [1.29, 1.82) is 0 Å². The first-order valence-corrected chi connectivity index (χ1v) is 11.2. The highest BCUT2D eigenvalue weighted by Gasteiger charge is 2.16. The Balaban J connectivity index is 1.60. The van der Waals surface area contributed by atoms with Gasteiger partial charge in [-0.1, -0.05) is 66.8 Å². The predicted octanol–water partition coefficient (Wildman–Crippen LogP) is 4.50. The second kappa shape index (κ2) is 10.6. The highest BCUT2D eigenvalue weighted by atomic mass is 16.5. The van der Waals surface area contributed by atoms with Crippen molar-refractivity contribution in [2.45, 2.75) is 13.7 Å². The lowest BCUT2D eigenvalue weighted by molar-refractivity contribution is -0.111. The van der Waals surface area contributed by atoms with Gasteiger partial charge in [-0.2, -0.15) is 0 Å². The number of carbonyl (C=O) groups excluding carboxylic acids is 2. The number of nitrogens with one attached hydrogen (secondary N) is 1. The molecule has 0 atom stereocenters. The summed E-state index contributed by atoms with van der Waals surface area (Å²) in [6.45, 7) is 7.32. The molecule has 2 aromatic carbocycles. The summed E-state index contributed by atoms with van der Waals surface area (Å²) in [4.78, 5) is 32.6. The van der Waals surface area contributed by atoms with Crippen LogP contribution in [0, 0.1) is 0 Å². The van der Waals surface area contributed by atoms with Crippen LogP contribution in [0.4, 0.5) is 5.69 Å². The van der Waals surface area contributed by atoms with Crippen molar-refractivity contribution in [1.82, 2.24) is 9.97 Å². The van der Waals surface area contributed by atoms with Crippen molar-refractivity contribution >= 4 is 35.0 Å². The molecule has 4 aromatic rings. The number of hydrogen-bond donors (Lipinski definition) is 1. The van der Waals surface area contributed by atoms with E-state index in [0.717, 1.165) is 5.46 Å². The Hall–Kier alpha value is -4.52. The summed E-state index contributed by atoms with van der Waals surface area (Å²) in [6, 6.07) is 23.2. The van der Waals surface area contributed by atoms with Crippen LogP contribution in [0.1, 0.15) is 17.3 Å². The molecule has 6 nitrogen and oxygen atoms in total. The molecule has 0 bridgehead atoms. The Morgan fingerprint density at radius 2 is 1.69 bits per heavy atom. The smallest absolute Gasteiger partial charge is 0.247 e. The Labute approximate surface area is 204 Å². The molecule has 2 heterocycles. The molecule has 0 aliphatic carbocycles. The van der Waals surface area contributed by atoms with Gasteiger partial charge < -0.3 is 10.1 Å². The molecule has 0 radical (unpaired) electrons. The number of amides is 1. The first kappa shape index (κ1) is 23.6. The molecule has 0 spiro atoms. The standard InChI is InChI=1S/C28H24BN3O3/c1-4-27(34)31-23-16-20(17-30-18-23)26-15-14-25(19(2)33)28(32-26)35-24-12-10-22(11-13-24)29(3)21-8-6-5-7-9-21/h4-18H,1H2,2-3H3,(H,31,34). The van der Waals surface area contributed by atoms with Gasteiger partial charge in [0, 0.05) is 11.8 Å². The summed E-state index contributed by atoms with van der Waals surface area (Å²) in [5.74, 6) is 0.294. The monoisotopic (exact) mass is 461 g/mol. The van der Waals surface area contributed by atoms with E-state index in [0.29, 0.717) is 28.3 Å². The van der Waals surface area contributed by atoms with E-state index in [1.54, 1.807) is 24.4 Å². The summed E-state index contributed by atoms with van der Waals surface area (Å²) in [7, 11) is 0. The number of Topliss-reactive ketones (excluding diaryl/α,β-unsaturated/α-hetero) is 1. The van der Waals surface area contributed by atoms with E-state index in [1.165, 1.54) is 24.7 Å². The molecule has 0 unspecified atom stereocenters. The third-order valence-corrected chi connectivity index (χ3v) is 5.62. The average molecular weight is 461 g/mol. The van der Waals surface area contributed by atoms with Gasteiger partial charge in [0.2, 0.25) is 18.5 Å². The highest BCUT2D eigenvalue weighted by Crippen LogP contribution is 2.28. The van der Waals surface area contributed by atoms with Crippen molar-refractivity contribution in [3.8, 4) is 22.9 Å². The molecule has 0 fully saturated rings. The summed E-state index contributed by atoms with van der Waals surface area (Å²) in [5, 5.41) is 2.68. The molecule has 0 saturated heterocycles. The third kappa shape index (κ3) is 5.70. The Kier molecular flexibility index (Phi) is 7.17. The van der Waals surface area contributed by atoms with Crippen LogP contribution in [0.25, 0.3) is 11.3 Å². The van der Waals surface area contributed by atoms with E-state index in [1.807, 2.05) is 42.5 Å². The molecule has 35 heavy (non-hydrogen) atoms. The maximum absolute atomic E-state index is 12.2. The first-order chi connectivity index (χ1) is 16.9. The lowest BCUT2D eigenvalue weighted by atomic mass is 9.43. The van der Waals surface area contributed by atoms with Crippen LogP contribution in [0.15, 0.2) is 97.8 Å². The molecule has 0 aliphatic rings. The topological polar surface area (TPSA) is 81.2 Å². The van der Waals surface area contributed by atoms with Gasteiger partial charge in [-0.25, -0.2) is 4.98 Å². The number of nitrogens with zero attached hydrogens (tertiary/aromatic N) is 2. The van der Waals surface area contributed by atoms with E-state index < -0.39 is 0 Å². The maximum atomic E-state index is 12.2. The SMILES string of the molecule is C=CC(=O)Nc1cncc(-c2ccc(C(C)=O)c(Oc3ccc(B(C)c4ccccc4)cc3)n2)c1. The number of ketones is 1. The van der Waals surface area contributed by atoms with Gasteiger partial charge in [0.1, 0.15) is 5.75 Å². The number of carbonyl (C=O) groups is 2. The minimum absolute atomic E-state index is 0.154. The number of rotatable bonds is 8. The average Bonchev–Trinajstić information content (AvgIpc) is 2.89. The van der Waals surface area contributed by atoms with E-state index in [2.05, 4.69) is 40.8 Å². The highest BCUT2D eigenvalue weighted by molar-refractivity contribution is 6.84. The van der Waals surface area contributed by atoms with E-state index >= 15 is 0 Å². The second-order valence-electron chi connectivity index (χ2n) is 8.06. The van der Waals surface area contributed by atoms with Crippen LogP contribution < -0.4 is 21.0 Å². The van der Waals surface area contributed by atoms with Crippen molar-refractivity contribution in [3.63, 3.8) is 0 Å². The zero-order valence-electron chi connectivity index (χ0n) is 19.6. The Bertz CT molecular complexity index is 1370. The number of pyridine rings is 2. The Morgan fingerprint density at radius 1 is 0.971 bits per heavy atom. The lowest BCUT2D eigenvalue weighted by Gasteiger charge is -2.13. The molecule has 1 amide bonds. The van der Waals surface area contributed by atoms with Crippen LogP contribution >= 0.6 is 0 Å². The van der Waals surface area contributed by atoms with Crippen molar-refractivity contribution in [2.24, 2.45) is 0 Å². The fraction of sp³-hybridized carbons (Fsp3) is 0.0714. The molecule has 0 aliphatic heterocycles. The van der Waals surface area contributed by atoms with Gasteiger partial charge in [-0.05, 0) is 43.3 Å². The van der Waals surface area contributed by atoms with Crippen LogP contribution in [0.3, 0.4) is 0 Å². The zero-order valence-corrected chi connectivity index (χ0v) is 19.6. The second-order valence-corrected chi connectivity index (χ2v) is 8.06. The minimum atomic E-state index is -0.335. The van der Waals surface area contributed by atoms with Gasteiger partial charge in [-0.15, -0.1) is 0 Å². The van der Waals surface area contributed by atoms with Gasteiger partial charge in [-0.3, -0.25) is 14.6 Å². The van der Waals surface area contributed by atoms with Crippen LogP contribution in [-0.2, 0) is 4.79 Å². The van der Waals surface area contributed by atoms with Crippen molar-refractivity contribution in [2.75, 3.05) is 5.32 Å². The number of ether oxygens (including phenoxy) is 1. The number of benzene rings is 2. The first-order valence-electron chi connectivity index (χ1n) is 11.2. The van der Waals surface area contributed by atoms with E-state index in [9.17, 15) is 9.59 Å². The summed E-state index contributed by atoms with van der Waals surface area (Å²) >= 11 is 0. The number of hydrogen-bond acceptors (Lipinski definition) is 5. The fourth-order valence-electron chi connectivity index (χ4n) is 3.66. The molecule has 2 aromatic heterocycles. The quantitative estimate of drug-likeness (QED) is 0.237. The Morgan fingerprint density at radius 3 is 2.37 bits per heavy atom. The van der Waals surface area contributed by atoms with Crippen LogP contribution in [-0.4, -0.2) is 28.4 Å².